The summed E-state index contributed by atoms with van der Waals surface area (Å²) in [6.45, 7) is 1.11. The predicted octanol–water partition coefficient (Wildman–Crippen LogP) is 2.96. The molecule has 1 fully saturated rings. The average Bonchev–Trinajstić information content (AvgIpc) is 3.24. The lowest BCUT2D eigenvalue weighted by Crippen LogP contribution is -2.37. The molecule has 1 aliphatic heterocycles. The van der Waals surface area contributed by atoms with Crippen LogP contribution in [0, 0.1) is 0 Å². The molecule has 1 saturated heterocycles. The molecule has 5 nitrogen and oxygen atoms in total. The van der Waals surface area contributed by atoms with Crippen molar-refractivity contribution in [2.75, 3.05) is 13.1 Å². The topological polar surface area (TPSA) is 54.7 Å². The maximum Gasteiger partial charge on any atom is 0.252 e. The van der Waals surface area contributed by atoms with Crippen molar-refractivity contribution in [3.63, 3.8) is 0 Å². The van der Waals surface area contributed by atoms with Crippen LogP contribution in [0.5, 0.6) is 0 Å². The molecule has 0 spiro atoms. The van der Waals surface area contributed by atoms with Crippen molar-refractivity contribution < 1.29 is 8.42 Å². The van der Waals surface area contributed by atoms with Gasteiger partial charge in [-0.1, -0.05) is 12.1 Å². The number of fused-ring (bicyclic) bond motifs is 1. The maximum atomic E-state index is 12.5. The Labute approximate surface area is 139 Å². The van der Waals surface area contributed by atoms with E-state index in [9.17, 15) is 8.42 Å². The summed E-state index contributed by atoms with van der Waals surface area (Å²) in [5.41, 5.74) is 2.00. The summed E-state index contributed by atoms with van der Waals surface area (Å²) >= 11 is 1.28. The van der Waals surface area contributed by atoms with Crippen LogP contribution in [0.3, 0.4) is 0 Å². The van der Waals surface area contributed by atoms with Gasteiger partial charge in [0.15, 0.2) is 0 Å². The van der Waals surface area contributed by atoms with Crippen molar-refractivity contribution in [3.05, 3.63) is 53.8 Å². The van der Waals surface area contributed by atoms with Crippen molar-refractivity contribution in [1.29, 1.82) is 0 Å². The van der Waals surface area contributed by atoms with Gasteiger partial charge in [0.2, 0.25) is 0 Å². The van der Waals surface area contributed by atoms with E-state index in [2.05, 4.69) is 11.2 Å². The van der Waals surface area contributed by atoms with E-state index in [0.717, 1.165) is 24.2 Å². The zero-order valence-corrected chi connectivity index (χ0v) is 14.1. The highest BCUT2D eigenvalue weighted by atomic mass is 32.2. The molecule has 0 unspecified atom stereocenters. The van der Waals surface area contributed by atoms with E-state index < -0.39 is 10.0 Å². The van der Waals surface area contributed by atoms with E-state index in [-0.39, 0.29) is 0 Å². The molecule has 23 heavy (non-hydrogen) atoms. The quantitative estimate of drug-likeness (QED) is 0.732. The van der Waals surface area contributed by atoms with Gasteiger partial charge in [0.05, 0.1) is 5.69 Å². The van der Waals surface area contributed by atoms with Gasteiger partial charge in [-0.2, -0.15) is 4.31 Å². The number of hydrogen-bond donors (Lipinski definition) is 0. The van der Waals surface area contributed by atoms with E-state index in [4.69, 9.17) is 0 Å². The zero-order valence-electron chi connectivity index (χ0n) is 12.5. The second-order valence-electron chi connectivity index (χ2n) is 5.74. The van der Waals surface area contributed by atoms with Crippen LogP contribution in [-0.4, -0.2) is 35.2 Å². The first-order valence-electron chi connectivity index (χ1n) is 7.62. The molecule has 4 heterocycles. The lowest BCUT2D eigenvalue weighted by atomic mass is 9.95. The van der Waals surface area contributed by atoms with E-state index in [1.54, 1.807) is 21.8 Å². The summed E-state index contributed by atoms with van der Waals surface area (Å²) in [5, 5.41) is 1.80. The number of sulfonamides is 1. The van der Waals surface area contributed by atoms with Crippen LogP contribution in [0.25, 0.3) is 5.65 Å². The molecule has 0 aromatic carbocycles. The summed E-state index contributed by atoms with van der Waals surface area (Å²) in [6, 6.07) is 9.39. The van der Waals surface area contributed by atoms with Crippen LogP contribution in [0.15, 0.2) is 52.3 Å². The highest BCUT2D eigenvalue weighted by molar-refractivity contribution is 7.91. The Bertz CT molecular complexity index is 875. The zero-order chi connectivity index (χ0) is 15.9. The Balaban J connectivity index is 1.51. The lowest BCUT2D eigenvalue weighted by molar-refractivity contribution is 0.317. The highest BCUT2D eigenvalue weighted by Crippen LogP contribution is 2.31. The number of thiophene rings is 1. The van der Waals surface area contributed by atoms with Crippen LogP contribution >= 0.6 is 11.3 Å². The van der Waals surface area contributed by atoms with Crippen LogP contribution in [0.4, 0.5) is 0 Å². The number of pyridine rings is 1. The number of aromatic nitrogens is 2. The Hall–Kier alpha value is -1.70. The normalized spacial score (nSPS) is 17.7. The van der Waals surface area contributed by atoms with Gasteiger partial charge >= 0.3 is 0 Å². The SMILES string of the molecule is O=S(=O)(c1cccs1)N1CCC(c2cn3ccccc3n2)CC1. The first-order chi connectivity index (χ1) is 11.1. The van der Waals surface area contributed by atoms with Crippen LogP contribution in [0.2, 0.25) is 0 Å². The minimum atomic E-state index is -3.32. The van der Waals surface area contributed by atoms with Crippen molar-refractivity contribution in [2.24, 2.45) is 0 Å². The maximum absolute atomic E-state index is 12.5. The number of imidazole rings is 1. The Morgan fingerprint density at radius 3 is 2.65 bits per heavy atom. The Morgan fingerprint density at radius 2 is 1.96 bits per heavy atom. The van der Waals surface area contributed by atoms with Crippen LogP contribution < -0.4 is 0 Å². The smallest absolute Gasteiger partial charge is 0.252 e. The first kappa shape index (κ1) is 14.9. The third-order valence-electron chi connectivity index (χ3n) is 4.34. The largest absolute Gasteiger partial charge is 0.307 e. The van der Waals surface area contributed by atoms with Gasteiger partial charge in [-0.25, -0.2) is 13.4 Å². The summed E-state index contributed by atoms with van der Waals surface area (Å²) in [6.07, 6.45) is 5.68. The highest BCUT2D eigenvalue weighted by Gasteiger charge is 2.31. The molecule has 0 radical (unpaired) electrons. The van der Waals surface area contributed by atoms with Crippen molar-refractivity contribution in [2.45, 2.75) is 23.0 Å². The molecule has 7 heteroatoms. The van der Waals surface area contributed by atoms with Crippen molar-refractivity contribution in [3.8, 4) is 0 Å². The van der Waals surface area contributed by atoms with E-state index in [1.807, 2.05) is 28.8 Å². The number of piperidine rings is 1. The molecule has 4 rings (SSSR count). The predicted molar refractivity (Wildman–Crippen MR) is 90.2 cm³/mol. The van der Waals surface area contributed by atoms with Gasteiger partial charge in [-0.15, -0.1) is 11.3 Å². The number of rotatable bonds is 3. The molecule has 0 atom stereocenters. The standard InChI is InChI=1S/C16H17N3O2S2/c20-23(21,16-5-3-11-22-16)19-9-6-13(7-10-19)14-12-18-8-2-1-4-15(18)17-14/h1-5,8,11-13H,6-7,9-10H2. The van der Waals surface area contributed by atoms with E-state index >= 15 is 0 Å². The number of nitrogens with zero attached hydrogens (tertiary/aromatic N) is 3. The van der Waals surface area contributed by atoms with Gasteiger partial charge in [0.25, 0.3) is 10.0 Å². The Morgan fingerprint density at radius 1 is 1.13 bits per heavy atom. The number of hydrogen-bond acceptors (Lipinski definition) is 4. The van der Waals surface area contributed by atoms with Gasteiger partial charge in [0.1, 0.15) is 9.86 Å². The monoisotopic (exact) mass is 347 g/mol. The van der Waals surface area contributed by atoms with Gasteiger partial charge in [-0.3, -0.25) is 0 Å². The van der Waals surface area contributed by atoms with Gasteiger partial charge in [0, 0.05) is 31.4 Å². The van der Waals surface area contributed by atoms with Crippen molar-refractivity contribution >= 4 is 27.0 Å². The molecule has 0 amide bonds. The second kappa shape index (κ2) is 5.74. The molecule has 1 aliphatic rings. The minimum absolute atomic E-state index is 0.324. The summed E-state index contributed by atoms with van der Waals surface area (Å²) in [7, 11) is -3.32. The summed E-state index contributed by atoms with van der Waals surface area (Å²) in [5.74, 6) is 0.324. The third kappa shape index (κ3) is 2.69. The van der Waals surface area contributed by atoms with Gasteiger partial charge in [-0.05, 0) is 36.4 Å². The minimum Gasteiger partial charge on any atom is -0.307 e. The van der Waals surface area contributed by atoms with Gasteiger partial charge < -0.3 is 4.40 Å². The fourth-order valence-corrected chi connectivity index (χ4v) is 5.69. The second-order valence-corrected chi connectivity index (χ2v) is 8.85. The first-order valence-corrected chi connectivity index (χ1v) is 9.94. The molecule has 3 aromatic heterocycles. The van der Waals surface area contributed by atoms with Crippen molar-refractivity contribution in [1.82, 2.24) is 13.7 Å². The molecule has 0 N–H and O–H groups in total. The van der Waals surface area contributed by atoms with E-state index in [0.29, 0.717) is 23.2 Å². The molecule has 120 valence electrons. The third-order valence-corrected chi connectivity index (χ3v) is 7.62. The summed E-state index contributed by atoms with van der Waals surface area (Å²) < 4.78 is 29.2. The van der Waals surface area contributed by atoms with E-state index in [1.165, 1.54) is 11.3 Å². The van der Waals surface area contributed by atoms with Crippen LogP contribution in [-0.2, 0) is 10.0 Å². The molecule has 3 aromatic rings. The molecule has 0 saturated carbocycles. The average molecular weight is 347 g/mol. The molecular formula is C16H17N3O2S2. The lowest BCUT2D eigenvalue weighted by Gasteiger charge is -2.30. The Kier molecular flexibility index (Phi) is 3.71. The molecular weight excluding hydrogens is 330 g/mol. The molecule has 0 bridgehead atoms. The fourth-order valence-electron chi connectivity index (χ4n) is 3.08. The van der Waals surface area contributed by atoms with Crippen LogP contribution in [0.1, 0.15) is 24.5 Å². The fraction of sp³-hybridized carbons (Fsp3) is 0.312. The molecule has 0 aliphatic carbocycles. The summed E-state index contributed by atoms with van der Waals surface area (Å²) in [4.78, 5) is 4.67.